The number of carbonyl (C=O) groups is 2. The van der Waals surface area contributed by atoms with E-state index in [1.54, 1.807) is 38.5 Å². The van der Waals surface area contributed by atoms with Crippen LogP contribution in [0.1, 0.15) is 53.8 Å². The summed E-state index contributed by atoms with van der Waals surface area (Å²) in [5, 5.41) is 0. The number of allylic oxidation sites excluding steroid dienone is 2. The minimum Gasteiger partial charge on any atom is -0.493 e. The summed E-state index contributed by atoms with van der Waals surface area (Å²) in [4.78, 5) is 39.6. The molecule has 2 aromatic carbocycles. The molecule has 4 aliphatic heterocycles. The van der Waals surface area contributed by atoms with Gasteiger partial charge >= 0.3 is 0 Å². The molecule has 0 bridgehead atoms. The summed E-state index contributed by atoms with van der Waals surface area (Å²) in [7, 11) is 3.11. The lowest BCUT2D eigenvalue weighted by atomic mass is 10.1. The average molecular weight is 585 g/mol. The predicted octanol–water partition coefficient (Wildman–Crippen LogP) is 5.31. The monoisotopic (exact) mass is 584 g/mol. The van der Waals surface area contributed by atoms with Gasteiger partial charge in [-0.1, -0.05) is 23.3 Å². The van der Waals surface area contributed by atoms with Crippen molar-refractivity contribution >= 4 is 35.6 Å². The second-order valence-corrected chi connectivity index (χ2v) is 11.0. The van der Waals surface area contributed by atoms with Crippen molar-refractivity contribution in [1.29, 1.82) is 0 Å². The van der Waals surface area contributed by atoms with E-state index in [1.165, 1.54) is 11.1 Å². The van der Waals surface area contributed by atoms with E-state index in [0.29, 0.717) is 78.2 Å². The van der Waals surface area contributed by atoms with Crippen molar-refractivity contribution in [1.82, 2.24) is 9.80 Å². The lowest BCUT2D eigenvalue weighted by molar-refractivity contribution is 0.0769. The molecule has 0 saturated carbocycles. The van der Waals surface area contributed by atoms with Gasteiger partial charge in [0.15, 0.2) is 23.0 Å². The maximum absolute atomic E-state index is 13.3. The quantitative estimate of drug-likeness (QED) is 0.308. The van der Waals surface area contributed by atoms with Gasteiger partial charge < -0.3 is 28.7 Å². The highest BCUT2D eigenvalue weighted by atomic mass is 16.5. The van der Waals surface area contributed by atoms with E-state index in [4.69, 9.17) is 18.9 Å². The molecule has 10 heteroatoms. The van der Waals surface area contributed by atoms with Gasteiger partial charge in [-0.25, -0.2) is 0 Å². The molecule has 43 heavy (non-hydrogen) atoms. The van der Waals surface area contributed by atoms with Crippen LogP contribution < -0.4 is 18.9 Å². The van der Waals surface area contributed by atoms with Gasteiger partial charge in [-0.2, -0.15) is 0 Å². The fraction of sp³-hybridized carbons (Fsp3) is 0.394. The number of hydrogen-bond acceptors (Lipinski definition) is 8. The fourth-order valence-corrected chi connectivity index (χ4v) is 5.95. The lowest BCUT2D eigenvalue weighted by Crippen LogP contribution is -2.35. The van der Waals surface area contributed by atoms with E-state index in [0.717, 1.165) is 12.8 Å². The molecule has 2 amide bonds. The summed E-state index contributed by atoms with van der Waals surface area (Å²) in [6.07, 6.45) is 9.99. The summed E-state index contributed by atoms with van der Waals surface area (Å²) in [6, 6.07) is 6.85. The zero-order valence-corrected chi connectivity index (χ0v) is 25.0. The maximum Gasteiger partial charge on any atom is 0.257 e. The zero-order valence-electron chi connectivity index (χ0n) is 25.0. The number of methoxy groups -OCH3 is 2. The van der Waals surface area contributed by atoms with Crippen molar-refractivity contribution in [2.75, 3.05) is 40.5 Å². The number of fused-ring (bicyclic) bond motifs is 4. The highest BCUT2D eigenvalue weighted by Gasteiger charge is 2.36. The number of nitrogens with zero attached hydrogens (tertiary/aromatic N) is 4. The van der Waals surface area contributed by atoms with Gasteiger partial charge in [0.2, 0.25) is 0 Å². The third-order valence-electron chi connectivity index (χ3n) is 8.43. The van der Waals surface area contributed by atoms with E-state index in [9.17, 15) is 9.59 Å². The first-order valence-electron chi connectivity index (χ1n) is 14.6. The Morgan fingerprint density at radius 2 is 1.16 bits per heavy atom. The number of rotatable bonds is 8. The highest BCUT2D eigenvalue weighted by Crippen LogP contribution is 2.40. The number of benzene rings is 2. The molecule has 6 rings (SSSR count). The summed E-state index contributed by atoms with van der Waals surface area (Å²) in [6.45, 7) is 5.91. The Kier molecular flexibility index (Phi) is 7.92. The minimum absolute atomic E-state index is 0.0457. The number of hydrogen-bond donors (Lipinski definition) is 0. The SMILES string of the molecule is C/C=C1\C[C@H]2C=Nc3cc(OCCCOc4cc5c(cc4OC)C(=O)N4C/C(=C/C)C[C@H]4C=N5)c(OC)cc3C(=O)N2C1. The van der Waals surface area contributed by atoms with Crippen LogP contribution in [-0.2, 0) is 0 Å². The van der Waals surface area contributed by atoms with Crippen molar-refractivity contribution in [2.45, 2.75) is 45.2 Å². The normalized spacial score (nSPS) is 22.2. The maximum atomic E-state index is 13.3. The van der Waals surface area contributed by atoms with E-state index in [2.05, 4.69) is 22.1 Å². The third kappa shape index (κ3) is 5.37. The van der Waals surface area contributed by atoms with Crippen LogP contribution in [0, 0.1) is 0 Å². The van der Waals surface area contributed by atoms with Gasteiger partial charge in [-0.3, -0.25) is 19.6 Å². The molecule has 224 valence electrons. The van der Waals surface area contributed by atoms with E-state index in [1.807, 2.05) is 36.1 Å². The summed E-state index contributed by atoms with van der Waals surface area (Å²) in [5.41, 5.74) is 4.61. The van der Waals surface area contributed by atoms with Gasteiger partial charge in [0.1, 0.15) is 0 Å². The first-order chi connectivity index (χ1) is 20.9. The lowest BCUT2D eigenvalue weighted by Gasteiger charge is -2.20. The molecule has 2 atom stereocenters. The largest absolute Gasteiger partial charge is 0.493 e. The molecule has 0 aromatic heterocycles. The Labute approximate surface area is 251 Å². The fourth-order valence-electron chi connectivity index (χ4n) is 5.95. The number of aliphatic imine (C=N–C) groups is 2. The number of amides is 2. The molecule has 2 fully saturated rings. The second kappa shape index (κ2) is 11.9. The van der Waals surface area contributed by atoms with Crippen LogP contribution in [0.5, 0.6) is 23.0 Å². The van der Waals surface area contributed by atoms with Crippen LogP contribution in [0.15, 0.2) is 57.5 Å². The number of carbonyl (C=O) groups excluding carboxylic acids is 2. The molecule has 0 radical (unpaired) electrons. The van der Waals surface area contributed by atoms with Crippen LogP contribution in [0.3, 0.4) is 0 Å². The van der Waals surface area contributed by atoms with Gasteiger partial charge in [-0.15, -0.1) is 0 Å². The molecule has 0 unspecified atom stereocenters. The minimum atomic E-state index is -0.0590. The van der Waals surface area contributed by atoms with Gasteiger partial charge in [-0.05, 0) is 38.8 Å². The van der Waals surface area contributed by atoms with E-state index in [-0.39, 0.29) is 23.9 Å². The summed E-state index contributed by atoms with van der Waals surface area (Å²) in [5.74, 6) is 1.86. The van der Waals surface area contributed by atoms with Crippen LogP contribution >= 0.6 is 0 Å². The predicted molar refractivity (Wildman–Crippen MR) is 164 cm³/mol. The second-order valence-electron chi connectivity index (χ2n) is 11.0. The highest BCUT2D eigenvalue weighted by molar-refractivity contribution is 6.04. The Bertz CT molecular complexity index is 1460. The van der Waals surface area contributed by atoms with Crippen LogP contribution in [0.4, 0.5) is 11.4 Å². The number of ether oxygens (including phenoxy) is 4. The third-order valence-corrected chi connectivity index (χ3v) is 8.43. The molecule has 0 N–H and O–H groups in total. The topological polar surface area (TPSA) is 102 Å². The van der Waals surface area contributed by atoms with E-state index < -0.39 is 0 Å². The Morgan fingerprint density at radius 1 is 0.721 bits per heavy atom. The Hall–Kier alpha value is -4.60. The molecule has 0 aliphatic carbocycles. The molecule has 4 heterocycles. The first-order valence-corrected chi connectivity index (χ1v) is 14.6. The van der Waals surface area contributed by atoms with Crippen molar-refractivity contribution in [3.63, 3.8) is 0 Å². The molecule has 4 aliphatic rings. The van der Waals surface area contributed by atoms with Crippen LogP contribution in [-0.4, -0.2) is 86.6 Å². The van der Waals surface area contributed by atoms with Crippen molar-refractivity contribution in [3.8, 4) is 23.0 Å². The van der Waals surface area contributed by atoms with Crippen LogP contribution in [0.25, 0.3) is 0 Å². The first kappa shape index (κ1) is 28.5. The molecule has 2 saturated heterocycles. The van der Waals surface area contributed by atoms with Gasteiger partial charge in [0, 0.05) is 44.1 Å². The standard InChI is InChI=1S/C33H36N4O6/c1-5-20-10-22-16-34-26-14-30(28(40-3)12-24(26)32(38)36(22)18-20)42-8-7-9-43-31-15-27-25(13-29(31)41-4)33(39)37-19-21(6-2)11-23(37)17-35-27/h5-6,12-17,22-23H,7-11,18-19H2,1-4H3/b20-5+,21-6+/t22-,23-/m0/s1. The van der Waals surface area contributed by atoms with Crippen molar-refractivity contribution in [3.05, 3.63) is 58.7 Å². The zero-order chi connectivity index (χ0) is 30.1. The van der Waals surface area contributed by atoms with Gasteiger partial charge in [0.05, 0.1) is 62.0 Å². The molecule has 0 spiro atoms. The van der Waals surface area contributed by atoms with Gasteiger partial charge in [0.25, 0.3) is 11.8 Å². The smallest absolute Gasteiger partial charge is 0.257 e. The van der Waals surface area contributed by atoms with Crippen molar-refractivity contribution < 1.29 is 28.5 Å². The Balaban J connectivity index is 1.10. The average Bonchev–Trinajstić information content (AvgIpc) is 3.59. The summed E-state index contributed by atoms with van der Waals surface area (Å²) >= 11 is 0. The van der Waals surface area contributed by atoms with E-state index >= 15 is 0 Å². The molecule has 10 nitrogen and oxygen atoms in total. The Morgan fingerprint density at radius 3 is 1.56 bits per heavy atom. The molecular weight excluding hydrogens is 548 g/mol. The summed E-state index contributed by atoms with van der Waals surface area (Å²) < 4.78 is 23.2. The molecular formula is C33H36N4O6. The van der Waals surface area contributed by atoms with Crippen LogP contribution in [0.2, 0.25) is 0 Å². The van der Waals surface area contributed by atoms with Crippen molar-refractivity contribution in [2.24, 2.45) is 9.98 Å². The molecule has 2 aromatic rings.